The zero-order chi connectivity index (χ0) is 13.7. The van der Waals surface area contributed by atoms with E-state index in [2.05, 4.69) is 53.9 Å². The lowest BCUT2D eigenvalue weighted by atomic mass is 10.2. The van der Waals surface area contributed by atoms with Crippen LogP contribution in [0.4, 0.5) is 0 Å². The highest BCUT2D eigenvalue weighted by Gasteiger charge is 2.33. The van der Waals surface area contributed by atoms with Crippen LogP contribution in [0.15, 0.2) is 0 Å². The van der Waals surface area contributed by atoms with Crippen LogP contribution in [0.5, 0.6) is 0 Å². The molecule has 0 aliphatic rings. The molecular formula is C14H34OSi2. The second-order valence-electron chi connectivity index (χ2n) is 7.53. The monoisotopic (exact) mass is 274 g/mol. The molecule has 0 saturated carbocycles. The molecule has 0 amide bonds. The molecule has 0 spiro atoms. The molecule has 0 fully saturated rings. The maximum atomic E-state index is 6.60. The smallest absolute Gasteiger partial charge is 0.176 e. The Bertz CT molecular complexity index is 195. The third-order valence-corrected chi connectivity index (χ3v) is 10.2. The van der Waals surface area contributed by atoms with Crippen LogP contribution in [-0.2, 0) is 4.12 Å². The lowest BCUT2D eigenvalue weighted by molar-refractivity contribution is 0.499. The maximum absolute atomic E-state index is 6.60. The maximum Gasteiger partial charge on any atom is 0.176 e. The fraction of sp³-hybridized carbons (Fsp3) is 1.00. The predicted octanol–water partition coefficient (Wildman–Crippen LogP) is 5.51. The molecule has 0 heterocycles. The van der Waals surface area contributed by atoms with Crippen molar-refractivity contribution in [2.75, 3.05) is 0 Å². The molecule has 0 aliphatic heterocycles. The molecule has 0 atom stereocenters. The highest BCUT2D eigenvalue weighted by atomic mass is 28.4. The van der Waals surface area contributed by atoms with Gasteiger partial charge in [0.25, 0.3) is 0 Å². The van der Waals surface area contributed by atoms with Crippen molar-refractivity contribution in [3.05, 3.63) is 0 Å². The van der Waals surface area contributed by atoms with Gasteiger partial charge in [-0.3, -0.25) is 0 Å². The zero-order valence-corrected chi connectivity index (χ0v) is 15.4. The molecule has 3 heteroatoms. The first-order chi connectivity index (χ1) is 7.54. The minimum absolute atomic E-state index is 0.811. The van der Waals surface area contributed by atoms with Crippen molar-refractivity contribution in [2.24, 2.45) is 11.8 Å². The first-order valence-electron chi connectivity index (χ1n) is 7.24. The molecule has 0 N–H and O–H groups in total. The van der Waals surface area contributed by atoms with E-state index >= 15 is 0 Å². The van der Waals surface area contributed by atoms with E-state index in [9.17, 15) is 0 Å². The van der Waals surface area contributed by atoms with E-state index in [1.165, 1.54) is 24.9 Å². The van der Waals surface area contributed by atoms with Gasteiger partial charge in [-0.15, -0.1) is 0 Å². The van der Waals surface area contributed by atoms with Crippen LogP contribution in [0, 0.1) is 11.8 Å². The van der Waals surface area contributed by atoms with Gasteiger partial charge in [0.2, 0.25) is 0 Å². The standard InChI is InChI=1S/C14H34OSi2/c1-13(2)9-11-17(8,12-10-14(3)4)15-16(5,6)7/h13-14H,9-12H2,1-8H3. The third-order valence-electron chi connectivity index (χ3n) is 3.05. The quantitative estimate of drug-likeness (QED) is 0.531. The van der Waals surface area contributed by atoms with Gasteiger partial charge in [-0.05, 0) is 50.1 Å². The Hall–Kier alpha value is 0.394. The van der Waals surface area contributed by atoms with Crippen molar-refractivity contribution < 1.29 is 4.12 Å². The largest absolute Gasteiger partial charge is 0.456 e. The minimum atomic E-state index is -1.45. The molecule has 0 saturated heterocycles. The summed E-state index contributed by atoms with van der Waals surface area (Å²) in [4.78, 5) is 0. The van der Waals surface area contributed by atoms with Crippen molar-refractivity contribution in [1.29, 1.82) is 0 Å². The topological polar surface area (TPSA) is 9.23 Å². The van der Waals surface area contributed by atoms with Gasteiger partial charge in [0.05, 0.1) is 0 Å². The summed E-state index contributed by atoms with van der Waals surface area (Å²) >= 11 is 0. The first kappa shape index (κ1) is 17.4. The van der Waals surface area contributed by atoms with Crippen LogP contribution in [0.2, 0.25) is 38.3 Å². The van der Waals surface area contributed by atoms with Gasteiger partial charge >= 0.3 is 0 Å². The van der Waals surface area contributed by atoms with Crippen LogP contribution < -0.4 is 0 Å². The Labute approximate surface area is 112 Å². The fourth-order valence-electron chi connectivity index (χ4n) is 2.15. The first-order valence-corrected chi connectivity index (χ1v) is 13.5. The molecule has 0 unspecified atom stereocenters. The lowest BCUT2D eigenvalue weighted by Crippen LogP contribution is -2.44. The summed E-state index contributed by atoms with van der Waals surface area (Å²) in [5.74, 6) is 1.62. The van der Waals surface area contributed by atoms with Gasteiger partial charge in [-0.25, -0.2) is 0 Å². The summed E-state index contributed by atoms with van der Waals surface area (Å²) in [5, 5.41) is 0. The van der Waals surface area contributed by atoms with E-state index in [1.807, 2.05) is 0 Å². The van der Waals surface area contributed by atoms with E-state index in [4.69, 9.17) is 4.12 Å². The van der Waals surface area contributed by atoms with Crippen LogP contribution >= 0.6 is 0 Å². The van der Waals surface area contributed by atoms with E-state index in [-0.39, 0.29) is 0 Å². The molecule has 0 aliphatic carbocycles. The lowest BCUT2D eigenvalue weighted by Gasteiger charge is -2.35. The number of rotatable bonds is 8. The summed E-state index contributed by atoms with van der Waals surface area (Å²) in [6, 6.07) is 2.70. The zero-order valence-electron chi connectivity index (χ0n) is 13.4. The van der Waals surface area contributed by atoms with E-state index in [0.717, 1.165) is 11.8 Å². The van der Waals surface area contributed by atoms with E-state index < -0.39 is 16.6 Å². The molecule has 0 radical (unpaired) electrons. The van der Waals surface area contributed by atoms with Crippen LogP contribution in [0.1, 0.15) is 40.5 Å². The fourth-order valence-corrected chi connectivity index (χ4v) is 11.5. The van der Waals surface area contributed by atoms with Crippen molar-refractivity contribution in [3.8, 4) is 0 Å². The highest BCUT2D eigenvalue weighted by Crippen LogP contribution is 2.28. The summed E-state index contributed by atoms with van der Waals surface area (Å²) in [7, 11) is -2.82. The molecule has 0 aromatic carbocycles. The van der Waals surface area contributed by atoms with Crippen molar-refractivity contribution in [2.45, 2.75) is 78.8 Å². The van der Waals surface area contributed by atoms with Crippen LogP contribution in [-0.4, -0.2) is 16.6 Å². The van der Waals surface area contributed by atoms with Crippen LogP contribution in [0.25, 0.3) is 0 Å². The Balaban J connectivity index is 4.45. The van der Waals surface area contributed by atoms with E-state index in [0.29, 0.717) is 0 Å². The highest BCUT2D eigenvalue weighted by molar-refractivity contribution is 6.84. The predicted molar refractivity (Wildman–Crippen MR) is 84.6 cm³/mol. The second-order valence-corrected chi connectivity index (χ2v) is 16.5. The molecule has 0 bridgehead atoms. The Morgan fingerprint density at radius 2 is 1.12 bits per heavy atom. The van der Waals surface area contributed by atoms with E-state index in [1.54, 1.807) is 0 Å². The number of hydrogen-bond donors (Lipinski definition) is 0. The average Bonchev–Trinajstić information content (AvgIpc) is 2.09. The average molecular weight is 275 g/mol. The Morgan fingerprint density at radius 3 is 1.35 bits per heavy atom. The molecule has 0 rings (SSSR count). The van der Waals surface area contributed by atoms with Gasteiger partial charge in [0.15, 0.2) is 16.6 Å². The minimum Gasteiger partial charge on any atom is -0.456 e. The second kappa shape index (κ2) is 7.10. The van der Waals surface area contributed by atoms with Gasteiger partial charge in [0, 0.05) is 0 Å². The Kier molecular flexibility index (Phi) is 7.26. The Morgan fingerprint density at radius 1 is 0.765 bits per heavy atom. The third kappa shape index (κ3) is 10.0. The summed E-state index contributed by atoms with van der Waals surface area (Å²) in [5.41, 5.74) is 0. The summed E-state index contributed by atoms with van der Waals surface area (Å²) < 4.78 is 6.60. The van der Waals surface area contributed by atoms with Crippen molar-refractivity contribution in [1.82, 2.24) is 0 Å². The molecule has 17 heavy (non-hydrogen) atoms. The molecular weight excluding hydrogens is 240 g/mol. The normalized spacial score (nSPS) is 13.8. The molecule has 0 aromatic rings. The SMILES string of the molecule is CC(C)CC[Si](C)(CCC(C)C)O[Si](C)(C)C. The molecule has 0 aromatic heterocycles. The van der Waals surface area contributed by atoms with Gasteiger partial charge < -0.3 is 4.12 Å². The van der Waals surface area contributed by atoms with Gasteiger partial charge in [-0.2, -0.15) is 0 Å². The summed E-state index contributed by atoms with van der Waals surface area (Å²) in [6.45, 7) is 18.8. The van der Waals surface area contributed by atoms with Crippen molar-refractivity contribution >= 4 is 16.6 Å². The summed E-state index contributed by atoms with van der Waals surface area (Å²) in [6.07, 6.45) is 2.68. The van der Waals surface area contributed by atoms with Gasteiger partial charge in [0.1, 0.15) is 0 Å². The molecule has 104 valence electrons. The van der Waals surface area contributed by atoms with Gasteiger partial charge in [-0.1, -0.05) is 40.5 Å². The van der Waals surface area contributed by atoms with Crippen molar-refractivity contribution in [3.63, 3.8) is 0 Å². The van der Waals surface area contributed by atoms with Crippen LogP contribution in [0.3, 0.4) is 0 Å². The number of hydrogen-bond acceptors (Lipinski definition) is 1. The molecule has 1 nitrogen and oxygen atoms in total.